The van der Waals surface area contributed by atoms with Gasteiger partial charge < -0.3 is 10.3 Å². The molecule has 0 atom stereocenters. The third kappa shape index (κ3) is 3.73. The number of hydrogen-bond acceptors (Lipinski definition) is 3. The van der Waals surface area contributed by atoms with Crippen LogP contribution in [-0.2, 0) is 14.4 Å². The highest BCUT2D eigenvalue weighted by Gasteiger charge is 2.15. The van der Waals surface area contributed by atoms with Crippen LogP contribution in [0.1, 0.15) is 12.8 Å². The molecule has 1 rings (SSSR count). The van der Waals surface area contributed by atoms with Crippen LogP contribution in [0.2, 0.25) is 0 Å². The Labute approximate surface area is 57.7 Å². The molecule has 0 radical (unpaired) electrons. The minimum absolute atomic E-state index is 0. The van der Waals surface area contributed by atoms with E-state index in [4.69, 9.17) is 4.79 Å². The second-order valence-corrected chi connectivity index (χ2v) is 1.47. The second-order valence-electron chi connectivity index (χ2n) is 1.47. The van der Waals surface area contributed by atoms with Crippen molar-refractivity contribution in [3.05, 3.63) is 0 Å². The number of imide groups is 1. The lowest BCUT2D eigenvalue weighted by atomic mass is 10.4. The topological polar surface area (TPSA) is 94.7 Å². The number of rotatable bonds is 0. The molecule has 5 heteroatoms. The van der Waals surface area contributed by atoms with Crippen molar-refractivity contribution in [2.75, 3.05) is 0 Å². The fourth-order valence-corrected chi connectivity index (χ4v) is 0.508. The number of carbonyl (C=O) groups excluding carboxylic acids is 3. The predicted octanol–water partition coefficient (Wildman–Crippen LogP) is -1.59. The van der Waals surface area contributed by atoms with Crippen LogP contribution in [-0.4, -0.2) is 24.1 Å². The first-order valence-electron chi connectivity index (χ1n) is 2.40. The number of amides is 2. The molecule has 0 aliphatic carbocycles. The molecule has 0 spiro atoms. The smallest absolute Gasteiger partial charge is 0.227 e. The summed E-state index contributed by atoms with van der Waals surface area (Å²) in [6, 6.07) is 0. The van der Waals surface area contributed by atoms with Crippen LogP contribution < -0.4 is 5.32 Å². The van der Waals surface area contributed by atoms with Crippen molar-refractivity contribution in [1.82, 2.24) is 5.32 Å². The molecular weight excluding hydrogens is 138 g/mol. The van der Waals surface area contributed by atoms with E-state index < -0.39 is 0 Å². The van der Waals surface area contributed by atoms with Crippen molar-refractivity contribution in [1.29, 1.82) is 0 Å². The molecule has 2 amide bonds. The van der Waals surface area contributed by atoms with Crippen molar-refractivity contribution in [3.8, 4) is 0 Å². The lowest BCUT2D eigenvalue weighted by Crippen LogP contribution is -2.18. The lowest BCUT2D eigenvalue weighted by molar-refractivity contribution is -0.124. The van der Waals surface area contributed by atoms with Gasteiger partial charge in [-0.3, -0.25) is 14.9 Å². The van der Waals surface area contributed by atoms with Gasteiger partial charge in [0, 0.05) is 12.8 Å². The van der Waals surface area contributed by atoms with E-state index >= 15 is 0 Å². The third-order valence-electron chi connectivity index (χ3n) is 0.858. The van der Waals surface area contributed by atoms with Gasteiger partial charge in [-0.2, -0.15) is 0 Å². The second kappa shape index (κ2) is 5.90. The predicted molar refractivity (Wildman–Crippen MR) is 33.1 cm³/mol. The molecule has 1 aliphatic rings. The van der Waals surface area contributed by atoms with E-state index in [0.29, 0.717) is 12.8 Å². The molecule has 5 nitrogen and oxygen atoms in total. The number of hydrogen-bond donors (Lipinski definition) is 1. The quantitative estimate of drug-likeness (QED) is 0.418. The van der Waals surface area contributed by atoms with E-state index in [0.717, 1.165) is 0 Å². The molecular formula is C5H9NO4. The standard InChI is InChI=1S/C4H5NO2.CH2O.H2O/c6-3-1-2-4(7)5-3;1-2;/h1-2H2,(H,5,6,7);1H2;1H2. The highest BCUT2D eigenvalue weighted by Crippen LogP contribution is 1.95. The first kappa shape index (κ1) is 11.6. The highest BCUT2D eigenvalue weighted by molar-refractivity contribution is 6.01. The third-order valence-corrected chi connectivity index (χ3v) is 0.858. The summed E-state index contributed by atoms with van der Waals surface area (Å²) in [7, 11) is 0. The fourth-order valence-electron chi connectivity index (χ4n) is 0.508. The molecule has 1 aliphatic heterocycles. The Bertz CT molecular complexity index is 120. The summed E-state index contributed by atoms with van der Waals surface area (Å²) in [5, 5.41) is 2.14. The van der Waals surface area contributed by atoms with Crippen LogP contribution in [0.25, 0.3) is 0 Å². The van der Waals surface area contributed by atoms with Crippen LogP contribution in [0.4, 0.5) is 0 Å². The van der Waals surface area contributed by atoms with Gasteiger partial charge in [0.05, 0.1) is 0 Å². The molecule has 0 aromatic heterocycles. The zero-order valence-electron chi connectivity index (χ0n) is 5.35. The SMILES string of the molecule is C=O.O.O=C1CCC(=O)N1. The normalized spacial score (nSPS) is 14.4. The molecule has 1 fully saturated rings. The van der Waals surface area contributed by atoms with Crippen LogP contribution in [0.3, 0.4) is 0 Å². The summed E-state index contributed by atoms with van der Waals surface area (Å²) in [5.74, 6) is -0.296. The minimum atomic E-state index is -0.148. The first-order valence-corrected chi connectivity index (χ1v) is 2.40. The highest BCUT2D eigenvalue weighted by atomic mass is 16.2. The Kier molecular flexibility index (Phi) is 6.81. The number of nitrogens with one attached hydrogen (secondary N) is 1. The van der Waals surface area contributed by atoms with Gasteiger partial charge in [0.25, 0.3) is 0 Å². The molecule has 1 saturated heterocycles. The van der Waals surface area contributed by atoms with E-state index in [-0.39, 0.29) is 17.3 Å². The zero-order chi connectivity index (χ0) is 7.28. The molecule has 10 heavy (non-hydrogen) atoms. The zero-order valence-corrected chi connectivity index (χ0v) is 5.35. The van der Waals surface area contributed by atoms with Crippen molar-refractivity contribution >= 4 is 18.6 Å². The van der Waals surface area contributed by atoms with Gasteiger partial charge in [-0.15, -0.1) is 0 Å². The molecule has 0 bridgehead atoms. The first-order chi connectivity index (χ1) is 4.29. The van der Waals surface area contributed by atoms with Crippen molar-refractivity contribution in [3.63, 3.8) is 0 Å². The summed E-state index contributed by atoms with van der Waals surface area (Å²) in [6.45, 7) is 2.00. The molecule has 1 heterocycles. The number of carbonyl (C=O) groups is 3. The van der Waals surface area contributed by atoms with Crippen molar-refractivity contribution in [2.45, 2.75) is 12.8 Å². The van der Waals surface area contributed by atoms with Gasteiger partial charge in [-0.1, -0.05) is 0 Å². The lowest BCUT2D eigenvalue weighted by Gasteiger charge is -1.79. The van der Waals surface area contributed by atoms with E-state index in [9.17, 15) is 9.59 Å². The maximum Gasteiger partial charge on any atom is 0.227 e. The monoisotopic (exact) mass is 147 g/mol. The summed E-state index contributed by atoms with van der Waals surface area (Å²) < 4.78 is 0. The maximum absolute atomic E-state index is 10.1. The Balaban J connectivity index is 0. The average molecular weight is 147 g/mol. The van der Waals surface area contributed by atoms with Crippen LogP contribution >= 0.6 is 0 Å². The Morgan fingerprint density at radius 2 is 1.40 bits per heavy atom. The molecule has 0 saturated carbocycles. The Morgan fingerprint density at radius 3 is 1.50 bits per heavy atom. The van der Waals surface area contributed by atoms with Gasteiger partial charge in [0.2, 0.25) is 11.8 Å². The molecule has 0 aromatic carbocycles. The van der Waals surface area contributed by atoms with Crippen molar-refractivity contribution < 1.29 is 19.9 Å². The Hall–Kier alpha value is -1.23. The van der Waals surface area contributed by atoms with Crippen molar-refractivity contribution in [2.24, 2.45) is 0 Å². The molecule has 3 N–H and O–H groups in total. The summed E-state index contributed by atoms with van der Waals surface area (Å²) in [4.78, 5) is 28.2. The van der Waals surface area contributed by atoms with Crippen LogP contribution in [0, 0.1) is 0 Å². The van der Waals surface area contributed by atoms with Gasteiger partial charge in [-0.05, 0) is 0 Å². The summed E-state index contributed by atoms with van der Waals surface area (Å²) in [6.07, 6.45) is 0.748. The summed E-state index contributed by atoms with van der Waals surface area (Å²) >= 11 is 0. The van der Waals surface area contributed by atoms with E-state index in [1.54, 1.807) is 0 Å². The Morgan fingerprint density at radius 1 is 1.10 bits per heavy atom. The molecule has 0 aromatic rings. The van der Waals surface area contributed by atoms with Gasteiger partial charge in [0.1, 0.15) is 6.79 Å². The molecule has 0 unspecified atom stereocenters. The summed E-state index contributed by atoms with van der Waals surface area (Å²) in [5.41, 5.74) is 0. The van der Waals surface area contributed by atoms with Gasteiger partial charge in [0.15, 0.2) is 0 Å². The van der Waals surface area contributed by atoms with Gasteiger partial charge >= 0.3 is 0 Å². The average Bonchev–Trinajstić information content (AvgIpc) is 2.20. The molecule has 58 valence electrons. The van der Waals surface area contributed by atoms with E-state index in [1.807, 2.05) is 6.79 Å². The van der Waals surface area contributed by atoms with Crippen LogP contribution in [0.15, 0.2) is 0 Å². The van der Waals surface area contributed by atoms with Crippen LogP contribution in [0.5, 0.6) is 0 Å². The largest absolute Gasteiger partial charge is 0.412 e. The minimum Gasteiger partial charge on any atom is -0.412 e. The van der Waals surface area contributed by atoms with Gasteiger partial charge in [-0.25, -0.2) is 0 Å². The van der Waals surface area contributed by atoms with E-state index in [1.165, 1.54) is 0 Å². The fraction of sp³-hybridized carbons (Fsp3) is 0.400. The van der Waals surface area contributed by atoms with E-state index in [2.05, 4.69) is 5.32 Å². The maximum atomic E-state index is 10.1.